The fourth-order valence-corrected chi connectivity index (χ4v) is 2.18. The van der Waals surface area contributed by atoms with Crippen molar-refractivity contribution in [2.45, 2.75) is 38.8 Å². The molecule has 0 fully saturated rings. The van der Waals surface area contributed by atoms with Crippen LogP contribution in [0.5, 0.6) is 0 Å². The molecule has 0 aliphatic carbocycles. The number of fused-ring (bicyclic) bond motifs is 1. The number of carbonyl (C=O) groups is 3. The van der Waals surface area contributed by atoms with Gasteiger partial charge in [-0.1, -0.05) is 12.1 Å². The molecule has 1 heterocycles. The molecule has 1 atom stereocenters. The van der Waals surface area contributed by atoms with Gasteiger partial charge in [-0.05, 0) is 32.4 Å². The van der Waals surface area contributed by atoms with Crippen LogP contribution < -0.4 is 16.0 Å². The zero-order valence-electron chi connectivity index (χ0n) is 12.1. The van der Waals surface area contributed by atoms with E-state index in [0.29, 0.717) is 11.3 Å². The Labute approximate surface area is 123 Å². The van der Waals surface area contributed by atoms with Gasteiger partial charge in [-0.2, -0.15) is 0 Å². The summed E-state index contributed by atoms with van der Waals surface area (Å²) in [7, 11) is 0. The maximum atomic E-state index is 12.1. The molecule has 21 heavy (non-hydrogen) atoms. The highest BCUT2D eigenvalue weighted by molar-refractivity contribution is 6.09. The highest BCUT2D eigenvalue weighted by Crippen LogP contribution is 2.19. The maximum absolute atomic E-state index is 12.1. The van der Waals surface area contributed by atoms with Crippen molar-refractivity contribution in [2.24, 2.45) is 0 Å². The molecule has 0 radical (unpaired) electrons. The fourth-order valence-electron chi connectivity index (χ4n) is 2.18. The third kappa shape index (κ3) is 3.81. The number of hydrogen-bond acceptors (Lipinski definition) is 3. The second-order valence-electron chi connectivity index (χ2n) is 5.32. The minimum absolute atomic E-state index is 0.0549. The Morgan fingerprint density at radius 3 is 2.71 bits per heavy atom. The van der Waals surface area contributed by atoms with Crippen molar-refractivity contribution in [1.82, 2.24) is 10.6 Å². The number of carbonyl (C=O) groups excluding carboxylic acids is 3. The highest BCUT2D eigenvalue weighted by Gasteiger charge is 2.27. The van der Waals surface area contributed by atoms with Gasteiger partial charge in [0.1, 0.15) is 6.04 Å². The number of benzene rings is 1. The Balaban J connectivity index is 2.02. The second kappa shape index (κ2) is 6.39. The van der Waals surface area contributed by atoms with Gasteiger partial charge in [0.2, 0.25) is 11.8 Å². The lowest BCUT2D eigenvalue weighted by molar-refractivity contribution is -0.122. The number of rotatable bonds is 4. The SMILES string of the molecule is CC(C)NC(=O)CCC1NC(=O)c2ccccc2NC1=O. The van der Waals surface area contributed by atoms with Crippen LogP contribution in [0.3, 0.4) is 0 Å². The molecular formula is C15H19N3O3. The van der Waals surface area contributed by atoms with E-state index < -0.39 is 6.04 Å². The number of hydrogen-bond donors (Lipinski definition) is 3. The number of amides is 3. The van der Waals surface area contributed by atoms with E-state index in [9.17, 15) is 14.4 Å². The van der Waals surface area contributed by atoms with Gasteiger partial charge >= 0.3 is 0 Å². The summed E-state index contributed by atoms with van der Waals surface area (Å²) in [6.45, 7) is 3.74. The van der Waals surface area contributed by atoms with Crippen molar-refractivity contribution in [3.8, 4) is 0 Å². The van der Waals surface area contributed by atoms with E-state index in [0.717, 1.165) is 0 Å². The molecule has 3 N–H and O–H groups in total. The molecule has 1 unspecified atom stereocenters. The minimum Gasteiger partial charge on any atom is -0.354 e. The van der Waals surface area contributed by atoms with Gasteiger partial charge in [0, 0.05) is 12.5 Å². The van der Waals surface area contributed by atoms with E-state index in [4.69, 9.17) is 0 Å². The quantitative estimate of drug-likeness (QED) is 0.774. The second-order valence-corrected chi connectivity index (χ2v) is 5.32. The van der Waals surface area contributed by atoms with Crippen LogP contribution in [0.2, 0.25) is 0 Å². The summed E-state index contributed by atoms with van der Waals surface area (Å²) in [6.07, 6.45) is 0.455. The Hall–Kier alpha value is -2.37. The topological polar surface area (TPSA) is 87.3 Å². The molecule has 0 aromatic heterocycles. The molecule has 3 amide bonds. The van der Waals surface area contributed by atoms with Crippen LogP contribution >= 0.6 is 0 Å². The summed E-state index contributed by atoms with van der Waals surface area (Å²) < 4.78 is 0. The predicted octanol–water partition coefficient (Wildman–Crippen LogP) is 1.04. The van der Waals surface area contributed by atoms with Crippen molar-refractivity contribution < 1.29 is 14.4 Å². The predicted molar refractivity (Wildman–Crippen MR) is 78.8 cm³/mol. The molecular weight excluding hydrogens is 270 g/mol. The van der Waals surface area contributed by atoms with Crippen LogP contribution in [0, 0.1) is 0 Å². The largest absolute Gasteiger partial charge is 0.354 e. The molecule has 1 aromatic rings. The van der Waals surface area contributed by atoms with Gasteiger partial charge < -0.3 is 16.0 Å². The molecule has 2 rings (SSSR count). The van der Waals surface area contributed by atoms with Crippen LogP contribution in [0.4, 0.5) is 5.69 Å². The third-order valence-electron chi connectivity index (χ3n) is 3.16. The van der Waals surface area contributed by atoms with E-state index in [2.05, 4.69) is 16.0 Å². The van der Waals surface area contributed by atoms with E-state index in [1.54, 1.807) is 24.3 Å². The first kappa shape index (κ1) is 15.0. The van der Waals surface area contributed by atoms with Crippen LogP contribution in [-0.2, 0) is 9.59 Å². The number of para-hydroxylation sites is 1. The third-order valence-corrected chi connectivity index (χ3v) is 3.16. The molecule has 1 aromatic carbocycles. The van der Waals surface area contributed by atoms with E-state index >= 15 is 0 Å². The minimum atomic E-state index is -0.706. The molecule has 6 heteroatoms. The van der Waals surface area contributed by atoms with Gasteiger partial charge in [-0.15, -0.1) is 0 Å². The molecule has 0 saturated carbocycles. The first-order valence-electron chi connectivity index (χ1n) is 6.97. The van der Waals surface area contributed by atoms with Crippen molar-refractivity contribution in [3.05, 3.63) is 29.8 Å². The first-order chi connectivity index (χ1) is 9.97. The van der Waals surface area contributed by atoms with Gasteiger partial charge in [0.15, 0.2) is 0 Å². The lowest BCUT2D eigenvalue weighted by atomic mass is 10.1. The van der Waals surface area contributed by atoms with Crippen molar-refractivity contribution in [1.29, 1.82) is 0 Å². The summed E-state index contributed by atoms with van der Waals surface area (Å²) in [5.74, 6) is -0.738. The van der Waals surface area contributed by atoms with Crippen molar-refractivity contribution in [3.63, 3.8) is 0 Å². The Bertz CT molecular complexity index is 569. The highest BCUT2D eigenvalue weighted by atomic mass is 16.2. The smallest absolute Gasteiger partial charge is 0.254 e. The van der Waals surface area contributed by atoms with Crippen LogP contribution in [0.1, 0.15) is 37.0 Å². The average Bonchev–Trinajstić information content (AvgIpc) is 2.53. The monoisotopic (exact) mass is 289 g/mol. The molecule has 6 nitrogen and oxygen atoms in total. The van der Waals surface area contributed by atoms with Gasteiger partial charge in [-0.25, -0.2) is 0 Å². The molecule has 0 bridgehead atoms. The summed E-state index contributed by atoms with van der Waals surface area (Å²) >= 11 is 0. The normalized spacial score (nSPS) is 17.6. The Kier molecular flexibility index (Phi) is 4.57. The zero-order valence-corrected chi connectivity index (χ0v) is 12.1. The Morgan fingerprint density at radius 1 is 1.29 bits per heavy atom. The molecule has 1 aliphatic rings. The van der Waals surface area contributed by atoms with Gasteiger partial charge in [0.05, 0.1) is 11.3 Å². The van der Waals surface area contributed by atoms with Crippen molar-refractivity contribution >= 4 is 23.4 Å². The van der Waals surface area contributed by atoms with E-state index in [1.165, 1.54) is 0 Å². The zero-order chi connectivity index (χ0) is 15.4. The standard InChI is InChI=1S/C15H19N3O3/c1-9(2)16-13(19)8-7-12-15(21)17-11-6-4-3-5-10(11)14(20)18-12/h3-6,9,12H,7-8H2,1-2H3,(H,16,19)(H,17,21)(H,18,20). The summed E-state index contributed by atoms with van der Waals surface area (Å²) in [5, 5.41) is 8.13. The fraction of sp³-hybridized carbons (Fsp3) is 0.400. The van der Waals surface area contributed by atoms with Crippen LogP contribution in [-0.4, -0.2) is 29.8 Å². The lowest BCUT2D eigenvalue weighted by Gasteiger charge is -2.15. The maximum Gasteiger partial charge on any atom is 0.254 e. The number of nitrogens with one attached hydrogen (secondary N) is 3. The van der Waals surface area contributed by atoms with E-state index in [-0.39, 0.29) is 36.6 Å². The summed E-state index contributed by atoms with van der Waals surface area (Å²) in [5.41, 5.74) is 0.925. The van der Waals surface area contributed by atoms with E-state index in [1.807, 2.05) is 13.8 Å². The van der Waals surface area contributed by atoms with Crippen LogP contribution in [0.25, 0.3) is 0 Å². The molecule has 1 aliphatic heterocycles. The van der Waals surface area contributed by atoms with Gasteiger partial charge in [0.25, 0.3) is 5.91 Å². The lowest BCUT2D eigenvalue weighted by Crippen LogP contribution is -2.42. The molecule has 112 valence electrons. The molecule has 0 spiro atoms. The first-order valence-corrected chi connectivity index (χ1v) is 6.97. The summed E-state index contributed by atoms with van der Waals surface area (Å²) in [4.78, 5) is 35.8. The van der Waals surface area contributed by atoms with Crippen LogP contribution in [0.15, 0.2) is 24.3 Å². The molecule has 0 saturated heterocycles. The van der Waals surface area contributed by atoms with Gasteiger partial charge in [-0.3, -0.25) is 14.4 Å². The van der Waals surface area contributed by atoms with Crippen molar-refractivity contribution in [2.75, 3.05) is 5.32 Å². The summed E-state index contributed by atoms with van der Waals surface area (Å²) in [6, 6.07) is 6.17. The average molecular weight is 289 g/mol. The Morgan fingerprint density at radius 2 is 2.00 bits per heavy atom. The number of anilines is 1.